The normalized spacial score (nSPS) is 10.6. The number of esters is 1. The second-order valence-corrected chi connectivity index (χ2v) is 3.24. The van der Waals surface area contributed by atoms with Gasteiger partial charge in [-0.2, -0.15) is 0 Å². The summed E-state index contributed by atoms with van der Waals surface area (Å²) in [5.41, 5.74) is 0.231. The summed E-state index contributed by atoms with van der Waals surface area (Å²) in [6.07, 6.45) is 2.57. The van der Waals surface area contributed by atoms with E-state index in [1.165, 1.54) is 23.8 Å². The summed E-state index contributed by atoms with van der Waals surface area (Å²) in [6.45, 7) is 0. The number of ether oxygens (including phenoxy) is 1. The minimum absolute atomic E-state index is 0.160. The third-order valence-corrected chi connectivity index (χ3v) is 2.10. The molecular formula is C9H6ClFN2O2. The summed E-state index contributed by atoms with van der Waals surface area (Å²) in [4.78, 5) is 15.0. The van der Waals surface area contributed by atoms with E-state index >= 15 is 0 Å². The molecule has 2 rings (SSSR count). The lowest BCUT2D eigenvalue weighted by atomic mass is 10.2. The van der Waals surface area contributed by atoms with Crippen LogP contribution in [0.2, 0.25) is 5.15 Å². The highest BCUT2D eigenvalue weighted by Gasteiger charge is 2.14. The molecule has 0 radical (unpaired) electrons. The first-order valence-electron chi connectivity index (χ1n) is 4.04. The van der Waals surface area contributed by atoms with Crippen LogP contribution in [0.15, 0.2) is 18.5 Å². The Labute approximate surface area is 89.2 Å². The number of hydrogen-bond donors (Lipinski definition) is 0. The predicted molar refractivity (Wildman–Crippen MR) is 51.5 cm³/mol. The zero-order valence-corrected chi connectivity index (χ0v) is 8.45. The molecule has 0 aromatic carbocycles. The van der Waals surface area contributed by atoms with Gasteiger partial charge in [-0.15, -0.1) is 0 Å². The molecule has 0 fully saturated rings. The third kappa shape index (κ3) is 1.66. The van der Waals surface area contributed by atoms with Crippen LogP contribution in [0.5, 0.6) is 0 Å². The maximum absolute atomic E-state index is 13.4. The first-order chi connectivity index (χ1) is 7.11. The maximum Gasteiger partial charge on any atom is 0.341 e. The molecule has 2 aromatic heterocycles. The number of halogens is 2. The van der Waals surface area contributed by atoms with E-state index in [2.05, 4.69) is 9.72 Å². The van der Waals surface area contributed by atoms with E-state index < -0.39 is 11.8 Å². The number of pyridine rings is 1. The number of methoxy groups -OCH3 is 1. The first-order valence-corrected chi connectivity index (χ1v) is 4.41. The van der Waals surface area contributed by atoms with Crippen molar-refractivity contribution in [3.63, 3.8) is 0 Å². The van der Waals surface area contributed by atoms with E-state index in [-0.39, 0.29) is 10.7 Å². The predicted octanol–water partition coefficient (Wildman–Crippen LogP) is 1.91. The van der Waals surface area contributed by atoms with E-state index in [4.69, 9.17) is 11.6 Å². The molecule has 15 heavy (non-hydrogen) atoms. The molecule has 0 bridgehead atoms. The molecule has 2 aromatic rings. The molecule has 0 atom stereocenters. The van der Waals surface area contributed by atoms with Crippen molar-refractivity contribution < 1.29 is 13.9 Å². The fraction of sp³-hybridized carbons (Fsp3) is 0.111. The van der Waals surface area contributed by atoms with E-state index in [0.717, 1.165) is 6.20 Å². The number of aromatic nitrogens is 2. The molecule has 0 aliphatic heterocycles. The first kappa shape index (κ1) is 9.92. The third-order valence-electron chi connectivity index (χ3n) is 1.92. The van der Waals surface area contributed by atoms with Gasteiger partial charge >= 0.3 is 5.97 Å². The van der Waals surface area contributed by atoms with Crippen LogP contribution >= 0.6 is 11.6 Å². The van der Waals surface area contributed by atoms with Gasteiger partial charge in [0.25, 0.3) is 0 Å². The number of rotatable bonds is 1. The standard InChI is InChI=1S/C9H6ClFN2O2/c1-15-9(14)5-2-8-12-7(10)4-13(8)3-6(5)11/h2-4H,1H3. The molecule has 0 N–H and O–H groups in total. The van der Waals surface area contributed by atoms with Crippen LogP contribution in [-0.2, 0) is 4.74 Å². The monoisotopic (exact) mass is 228 g/mol. The molecule has 0 saturated carbocycles. The second-order valence-electron chi connectivity index (χ2n) is 2.86. The summed E-state index contributed by atoms with van der Waals surface area (Å²) in [7, 11) is 1.19. The highest BCUT2D eigenvalue weighted by atomic mass is 35.5. The number of imidazole rings is 1. The molecule has 0 aliphatic carbocycles. The summed E-state index contributed by atoms with van der Waals surface area (Å²) in [5.74, 6) is -1.42. The van der Waals surface area contributed by atoms with Crippen LogP contribution < -0.4 is 0 Å². The van der Waals surface area contributed by atoms with Gasteiger partial charge in [0.1, 0.15) is 16.4 Å². The van der Waals surface area contributed by atoms with Crippen LogP contribution in [0.3, 0.4) is 0 Å². The Balaban J connectivity index is 2.66. The lowest BCUT2D eigenvalue weighted by molar-refractivity contribution is 0.0595. The van der Waals surface area contributed by atoms with Crippen LogP contribution in [0.25, 0.3) is 5.65 Å². The van der Waals surface area contributed by atoms with Gasteiger partial charge in [0.05, 0.1) is 7.11 Å². The summed E-state index contributed by atoms with van der Waals surface area (Å²) in [5, 5.41) is 0.233. The Morgan fingerprint density at radius 2 is 2.33 bits per heavy atom. The fourth-order valence-corrected chi connectivity index (χ4v) is 1.43. The van der Waals surface area contributed by atoms with Crippen LogP contribution in [0.1, 0.15) is 10.4 Å². The lowest BCUT2D eigenvalue weighted by Crippen LogP contribution is -2.05. The quantitative estimate of drug-likeness (QED) is 0.701. The number of fused-ring (bicyclic) bond motifs is 1. The van der Waals surface area contributed by atoms with Crippen LogP contribution in [0.4, 0.5) is 4.39 Å². The van der Waals surface area contributed by atoms with Crippen LogP contribution in [0, 0.1) is 5.82 Å². The molecule has 0 unspecified atom stereocenters. The van der Waals surface area contributed by atoms with E-state index in [9.17, 15) is 9.18 Å². The van der Waals surface area contributed by atoms with E-state index in [0.29, 0.717) is 5.65 Å². The van der Waals surface area contributed by atoms with E-state index in [1.54, 1.807) is 0 Å². The number of hydrogen-bond acceptors (Lipinski definition) is 3. The van der Waals surface area contributed by atoms with Gasteiger partial charge in [0.15, 0.2) is 5.82 Å². The maximum atomic E-state index is 13.4. The van der Waals surface area contributed by atoms with Gasteiger partial charge in [0.2, 0.25) is 0 Å². The number of carbonyl (C=O) groups excluding carboxylic acids is 1. The van der Waals surface area contributed by atoms with Crippen LogP contribution in [-0.4, -0.2) is 22.5 Å². The van der Waals surface area contributed by atoms with Crippen molar-refractivity contribution in [1.82, 2.24) is 9.38 Å². The molecule has 0 spiro atoms. The average Bonchev–Trinajstić information content (AvgIpc) is 2.55. The van der Waals surface area contributed by atoms with Gasteiger partial charge < -0.3 is 9.14 Å². The van der Waals surface area contributed by atoms with Crippen molar-refractivity contribution in [3.05, 3.63) is 35.0 Å². The summed E-state index contributed by atoms with van der Waals surface area (Å²) in [6, 6.07) is 1.28. The minimum Gasteiger partial charge on any atom is -0.465 e. The van der Waals surface area contributed by atoms with Crippen molar-refractivity contribution >= 4 is 23.2 Å². The number of nitrogens with zero attached hydrogens (tertiary/aromatic N) is 2. The van der Waals surface area contributed by atoms with Gasteiger partial charge in [0, 0.05) is 12.4 Å². The molecular weight excluding hydrogens is 223 g/mol. The molecule has 0 amide bonds. The number of carbonyl (C=O) groups is 1. The summed E-state index contributed by atoms with van der Waals surface area (Å²) < 4.78 is 19.2. The van der Waals surface area contributed by atoms with Crippen molar-refractivity contribution in [2.24, 2.45) is 0 Å². The lowest BCUT2D eigenvalue weighted by Gasteiger charge is -2.01. The Bertz CT molecular complexity index is 538. The van der Waals surface area contributed by atoms with Crippen molar-refractivity contribution in [1.29, 1.82) is 0 Å². The Morgan fingerprint density at radius 1 is 1.60 bits per heavy atom. The minimum atomic E-state index is -0.742. The summed E-state index contributed by atoms with van der Waals surface area (Å²) >= 11 is 5.63. The van der Waals surface area contributed by atoms with Crippen molar-refractivity contribution in [3.8, 4) is 0 Å². The molecule has 4 nitrogen and oxygen atoms in total. The van der Waals surface area contributed by atoms with Gasteiger partial charge in [-0.25, -0.2) is 14.2 Å². The molecule has 0 aliphatic rings. The molecule has 78 valence electrons. The molecule has 0 saturated heterocycles. The Hall–Kier alpha value is -1.62. The SMILES string of the molecule is COC(=O)c1cc2nc(Cl)cn2cc1F. The highest BCUT2D eigenvalue weighted by Crippen LogP contribution is 2.15. The zero-order chi connectivity index (χ0) is 11.0. The second kappa shape index (κ2) is 3.51. The Morgan fingerprint density at radius 3 is 3.00 bits per heavy atom. The molecule has 2 heterocycles. The average molecular weight is 229 g/mol. The van der Waals surface area contributed by atoms with Crippen molar-refractivity contribution in [2.75, 3.05) is 7.11 Å². The fourth-order valence-electron chi connectivity index (χ4n) is 1.24. The smallest absolute Gasteiger partial charge is 0.341 e. The van der Waals surface area contributed by atoms with Gasteiger partial charge in [-0.3, -0.25) is 0 Å². The largest absolute Gasteiger partial charge is 0.465 e. The molecule has 6 heteroatoms. The topological polar surface area (TPSA) is 43.6 Å². The van der Waals surface area contributed by atoms with E-state index in [1.807, 2.05) is 0 Å². The Kier molecular flexibility index (Phi) is 2.32. The highest BCUT2D eigenvalue weighted by molar-refractivity contribution is 6.29. The zero-order valence-electron chi connectivity index (χ0n) is 7.70. The van der Waals surface area contributed by atoms with Gasteiger partial charge in [-0.05, 0) is 6.07 Å². The van der Waals surface area contributed by atoms with Gasteiger partial charge in [-0.1, -0.05) is 11.6 Å². The van der Waals surface area contributed by atoms with Crippen molar-refractivity contribution in [2.45, 2.75) is 0 Å².